The second-order valence-corrected chi connectivity index (χ2v) is 3.58. The predicted molar refractivity (Wildman–Crippen MR) is 44.8 cm³/mol. The number of likely N-dealkylation sites (tertiary alicyclic amines) is 1. The summed E-state index contributed by atoms with van der Waals surface area (Å²) >= 11 is 0. The summed E-state index contributed by atoms with van der Waals surface area (Å²) in [6.45, 7) is 11.8. The Balaban J connectivity index is 2.54. The fourth-order valence-corrected chi connectivity index (χ4v) is 1.83. The van der Waals surface area contributed by atoms with Gasteiger partial charge in [-0.25, -0.2) is 0 Å². The molecule has 1 heterocycles. The van der Waals surface area contributed by atoms with E-state index < -0.39 is 0 Å². The van der Waals surface area contributed by atoms with Crippen molar-refractivity contribution in [1.82, 2.24) is 4.90 Å². The topological polar surface area (TPSA) is 3.24 Å². The molecule has 0 saturated carbocycles. The molecule has 0 bridgehead atoms. The van der Waals surface area contributed by atoms with E-state index in [1.54, 1.807) is 0 Å². The molecule has 2 atom stereocenters. The standard InChI is InChI=1S/C9H17N/c1-7(2)10-6-8(3)5-9(10)4/h8-9H,1,5-6H2,2-4H3. The first kappa shape index (κ1) is 7.64. The van der Waals surface area contributed by atoms with Gasteiger partial charge in [0.15, 0.2) is 0 Å². The molecule has 0 aromatic heterocycles. The highest BCUT2D eigenvalue weighted by atomic mass is 15.2. The highest BCUT2D eigenvalue weighted by Crippen LogP contribution is 2.24. The van der Waals surface area contributed by atoms with Crippen LogP contribution in [0.15, 0.2) is 12.3 Å². The molecule has 10 heavy (non-hydrogen) atoms. The first-order chi connectivity index (χ1) is 4.61. The van der Waals surface area contributed by atoms with Gasteiger partial charge in [-0.1, -0.05) is 13.5 Å². The van der Waals surface area contributed by atoms with Crippen LogP contribution in [0.2, 0.25) is 0 Å². The Kier molecular flexibility index (Phi) is 2.02. The Bertz CT molecular complexity index is 140. The number of allylic oxidation sites excluding steroid dienone is 1. The van der Waals surface area contributed by atoms with E-state index in [2.05, 4.69) is 32.3 Å². The molecule has 2 unspecified atom stereocenters. The molecule has 1 fully saturated rings. The Morgan fingerprint density at radius 3 is 2.30 bits per heavy atom. The van der Waals surface area contributed by atoms with Crippen molar-refractivity contribution in [3.05, 3.63) is 12.3 Å². The number of hydrogen-bond acceptors (Lipinski definition) is 1. The van der Waals surface area contributed by atoms with E-state index in [4.69, 9.17) is 0 Å². The summed E-state index contributed by atoms with van der Waals surface area (Å²) in [5.74, 6) is 0.853. The molecule has 0 aromatic rings. The zero-order valence-corrected chi connectivity index (χ0v) is 7.22. The van der Waals surface area contributed by atoms with E-state index in [9.17, 15) is 0 Å². The molecule has 0 spiro atoms. The van der Waals surface area contributed by atoms with Crippen molar-refractivity contribution in [2.45, 2.75) is 33.2 Å². The van der Waals surface area contributed by atoms with Crippen LogP contribution in [0.1, 0.15) is 27.2 Å². The Morgan fingerprint density at radius 1 is 1.50 bits per heavy atom. The summed E-state index contributed by atoms with van der Waals surface area (Å²) in [4.78, 5) is 2.39. The van der Waals surface area contributed by atoms with E-state index in [0.29, 0.717) is 6.04 Å². The van der Waals surface area contributed by atoms with Crippen LogP contribution in [0.25, 0.3) is 0 Å². The summed E-state index contributed by atoms with van der Waals surface area (Å²) < 4.78 is 0. The van der Waals surface area contributed by atoms with Gasteiger partial charge >= 0.3 is 0 Å². The Hall–Kier alpha value is -0.460. The van der Waals surface area contributed by atoms with Crippen molar-refractivity contribution in [2.24, 2.45) is 5.92 Å². The Morgan fingerprint density at radius 2 is 2.10 bits per heavy atom. The number of nitrogens with zero attached hydrogens (tertiary/aromatic N) is 1. The molecular formula is C9H17N. The highest BCUT2D eigenvalue weighted by molar-refractivity contribution is 4.96. The SMILES string of the molecule is C=C(C)N1CC(C)CC1C. The second-order valence-electron chi connectivity index (χ2n) is 3.58. The lowest BCUT2D eigenvalue weighted by atomic mass is 10.1. The van der Waals surface area contributed by atoms with Crippen molar-refractivity contribution in [2.75, 3.05) is 6.54 Å². The Labute approximate surface area is 63.7 Å². The predicted octanol–water partition coefficient (Wildman–Crippen LogP) is 2.25. The summed E-state index contributed by atoms with van der Waals surface area (Å²) in [6.07, 6.45) is 1.33. The molecule has 1 heteroatoms. The summed E-state index contributed by atoms with van der Waals surface area (Å²) in [5, 5.41) is 0. The molecule has 0 amide bonds. The maximum atomic E-state index is 3.95. The quantitative estimate of drug-likeness (QED) is 0.538. The molecule has 0 aromatic carbocycles. The average Bonchev–Trinajstić information content (AvgIpc) is 2.10. The van der Waals surface area contributed by atoms with Crippen LogP contribution in [0.3, 0.4) is 0 Å². The minimum Gasteiger partial charge on any atom is -0.373 e. The largest absolute Gasteiger partial charge is 0.373 e. The van der Waals surface area contributed by atoms with Crippen LogP contribution in [0, 0.1) is 5.92 Å². The summed E-state index contributed by atoms with van der Waals surface area (Å²) in [5.41, 5.74) is 1.22. The van der Waals surface area contributed by atoms with Gasteiger partial charge in [0, 0.05) is 18.3 Å². The van der Waals surface area contributed by atoms with Crippen LogP contribution in [0.5, 0.6) is 0 Å². The van der Waals surface area contributed by atoms with Crippen molar-refractivity contribution < 1.29 is 0 Å². The maximum absolute atomic E-state index is 3.95. The fourth-order valence-electron chi connectivity index (χ4n) is 1.83. The van der Waals surface area contributed by atoms with Crippen LogP contribution >= 0.6 is 0 Å². The van der Waals surface area contributed by atoms with Gasteiger partial charge in [0.1, 0.15) is 0 Å². The molecule has 1 nitrogen and oxygen atoms in total. The zero-order valence-electron chi connectivity index (χ0n) is 7.22. The van der Waals surface area contributed by atoms with Gasteiger partial charge < -0.3 is 4.90 Å². The normalized spacial score (nSPS) is 32.9. The van der Waals surface area contributed by atoms with Gasteiger partial charge in [-0.15, -0.1) is 0 Å². The lowest BCUT2D eigenvalue weighted by Gasteiger charge is -2.23. The van der Waals surface area contributed by atoms with E-state index >= 15 is 0 Å². The van der Waals surface area contributed by atoms with Gasteiger partial charge in [-0.3, -0.25) is 0 Å². The van der Waals surface area contributed by atoms with Gasteiger partial charge in [0.25, 0.3) is 0 Å². The lowest BCUT2D eigenvalue weighted by Crippen LogP contribution is -2.24. The minimum absolute atomic E-state index is 0.715. The molecule has 1 rings (SSSR count). The molecule has 58 valence electrons. The molecular weight excluding hydrogens is 122 g/mol. The lowest BCUT2D eigenvalue weighted by molar-refractivity contribution is 0.338. The van der Waals surface area contributed by atoms with Crippen molar-refractivity contribution >= 4 is 0 Å². The maximum Gasteiger partial charge on any atom is 0.0261 e. The van der Waals surface area contributed by atoms with Gasteiger partial charge in [0.05, 0.1) is 0 Å². The third kappa shape index (κ3) is 1.34. The number of hydrogen-bond donors (Lipinski definition) is 0. The molecule has 1 aliphatic heterocycles. The van der Waals surface area contributed by atoms with E-state index in [-0.39, 0.29) is 0 Å². The van der Waals surface area contributed by atoms with Gasteiger partial charge in [0.2, 0.25) is 0 Å². The van der Waals surface area contributed by atoms with Crippen molar-refractivity contribution in [1.29, 1.82) is 0 Å². The second kappa shape index (κ2) is 2.65. The molecule has 0 radical (unpaired) electrons. The molecule has 1 saturated heterocycles. The van der Waals surface area contributed by atoms with Crippen molar-refractivity contribution in [3.8, 4) is 0 Å². The smallest absolute Gasteiger partial charge is 0.0261 e. The number of rotatable bonds is 1. The van der Waals surface area contributed by atoms with E-state index in [0.717, 1.165) is 5.92 Å². The molecule has 1 aliphatic rings. The molecule has 0 N–H and O–H groups in total. The third-order valence-corrected chi connectivity index (χ3v) is 2.27. The van der Waals surface area contributed by atoms with E-state index in [1.165, 1.54) is 18.7 Å². The summed E-state index contributed by atoms with van der Waals surface area (Å²) in [7, 11) is 0. The summed E-state index contributed by atoms with van der Waals surface area (Å²) in [6, 6.07) is 0.715. The van der Waals surface area contributed by atoms with Crippen LogP contribution in [0.4, 0.5) is 0 Å². The van der Waals surface area contributed by atoms with Gasteiger partial charge in [-0.05, 0) is 26.2 Å². The first-order valence-corrected chi connectivity index (χ1v) is 4.03. The van der Waals surface area contributed by atoms with Crippen molar-refractivity contribution in [3.63, 3.8) is 0 Å². The van der Waals surface area contributed by atoms with Crippen LogP contribution in [-0.4, -0.2) is 17.5 Å². The van der Waals surface area contributed by atoms with Crippen LogP contribution in [-0.2, 0) is 0 Å². The average molecular weight is 139 g/mol. The molecule has 0 aliphatic carbocycles. The van der Waals surface area contributed by atoms with E-state index in [1.807, 2.05) is 0 Å². The highest BCUT2D eigenvalue weighted by Gasteiger charge is 2.24. The van der Waals surface area contributed by atoms with Gasteiger partial charge in [-0.2, -0.15) is 0 Å². The zero-order chi connectivity index (χ0) is 7.72. The fraction of sp³-hybridized carbons (Fsp3) is 0.778. The third-order valence-electron chi connectivity index (χ3n) is 2.27. The minimum atomic E-state index is 0.715. The first-order valence-electron chi connectivity index (χ1n) is 4.03. The monoisotopic (exact) mass is 139 g/mol. The van der Waals surface area contributed by atoms with Crippen LogP contribution < -0.4 is 0 Å².